The fraction of sp³-hybridized carbons (Fsp3) is 0.438. The van der Waals surface area contributed by atoms with Gasteiger partial charge in [-0.15, -0.1) is 10.2 Å². The SMILES string of the molecule is CC(C)CSc1nnc(NC(=O)[C@H](C)N(c2ccc(F)c(F)c2)S(C)(=O)=O)s1. The first-order valence-corrected chi connectivity index (χ1v) is 11.9. The minimum atomic E-state index is -3.95. The van der Waals surface area contributed by atoms with E-state index in [9.17, 15) is 22.0 Å². The Kier molecular flexibility index (Phi) is 7.34. The van der Waals surface area contributed by atoms with Gasteiger partial charge in [0.25, 0.3) is 0 Å². The average Bonchev–Trinajstić information content (AvgIpc) is 3.02. The lowest BCUT2D eigenvalue weighted by molar-refractivity contribution is -0.116. The van der Waals surface area contributed by atoms with E-state index in [1.165, 1.54) is 30.0 Å². The molecule has 2 aromatic rings. The highest BCUT2D eigenvalue weighted by atomic mass is 32.2. The molecule has 1 N–H and O–H groups in total. The van der Waals surface area contributed by atoms with E-state index in [1.807, 2.05) is 0 Å². The maximum absolute atomic E-state index is 13.6. The van der Waals surface area contributed by atoms with Crippen molar-refractivity contribution in [3.63, 3.8) is 0 Å². The molecule has 1 aromatic heterocycles. The second-order valence-corrected chi connectivity index (χ2v) is 10.5. The standard InChI is InChI=1S/C16H20F2N4O3S3/c1-9(2)8-26-16-21-20-15(27-16)19-14(23)10(3)22(28(4,24)25)11-5-6-12(17)13(18)7-11/h5-7,9-10H,8H2,1-4H3,(H,19,20,23)/t10-/m0/s1. The number of nitrogens with zero attached hydrogens (tertiary/aromatic N) is 3. The molecule has 0 saturated carbocycles. The van der Waals surface area contributed by atoms with E-state index in [0.717, 1.165) is 34.5 Å². The van der Waals surface area contributed by atoms with Crippen LogP contribution in [0.15, 0.2) is 22.5 Å². The Hall–Kier alpha value is -1.79. The lowest BCUT2D eigenvalue weighted by atomic mass is 10.2. The smallest absolute Gasteiger partial charge is 0.249 e. The summed E-state index contributed by atoms with van der Waals surface area (Å²) >= 11 is 2.68. The van der Waals surface area contributed by atoms with Gasteiger partial charge in [-0.25, -0.2) is 17.2 Å². The minimum Gasteiger partial charge on any atom is -0.299 e. The summed E-state index contributed by atoms with van der Waals surface area (Å²) in [5.41, 5.74) is -0.158. The van der Waals surface area contributed by atoms with Crippen LogP contribution in [0.25, 0.3) is 0 Å². The third-order valence-electron chi connectivity index (χ3n) is 3.42. The number of carbonyl (C=O) groups excluding carboxylic acids is 1. The molecule has 0 aliphatic rings. The van der Waals surface area contributed by atoms with E-state index in [2.05, 4.69) is 29.4 Å². The molecular weight excluding hydrogens is 430 g/mol. The normalized spacial score (nSPS) is 12.8. The van der Waals surface area contributed by atoms with Gasteiger partial charge in [0.15, 0.2) is 16.0 Å². The van der Waals surface area contributed by atoms with Crippen molar-refractivity contribution in [2.24, 2.45) is 5.92 Å². The van der Waals surface area contributed by atoms with Gasteiger partial charge in [-0.05, 0) is 25.0 Å². The lowest BCUT2D eigenvalue weighted by Crippen LogP contribution is -2.45. The van der Waals surface area contributed by atoms with Gasteiger partial charge in [0.05, 0.1) is 11.9 Å². The predicted octanol–water partition coefficient (Wildman–Crippen LogP) is 3.36. The second-order valence-electron chi connectivity index (χ2n) is 6.40. The van der Waals surface area contributed by atoms with Crippen LogP contribution in [0.3, 0.4) is 0 Å². The highest BCUT2D eigenvalue weighted by Crippen LogP contribution is 2.28. The number of sulfonamides is 1. The van der Waals surface area contributed by atoms with Crippen molar-refractivity contribution in [3.05, 3.63) is 29.8 Å². The van der Waals surface area contributed by atoms with Crippen LogP contribution in [0, 0.1) is 17.6 Å². The first-order chi connectivity index (χ1) is 13.0. The Morgan fingerprint density at radius 2 is 1.93 bits per heavy atom. The largest absolute Gasteiger partial charge is 0.299 e. The average molecular weight is 451 g/mol. The molecule has 1 heterocycles. The summed E-state index contributed by atoms with van der Waals surface area (Å²) in [5, 5.41) is 10.6. The number of amides is 1. The molecule has 0 unspecified atom stereocenters. The van der Waals surface area contributed by atoms with Crippen molar-refractivity contribution in [3.8, 4) is 0 Å². The molecule has 0 bridgehead atoms. The molecule has 0 aliphatic carbocycles. The number of hydrogen-bond acceptors (Lipinski definition) is 7. The Labute approximate surface area is 170 Å². The van der Waals surface area contributed by atoms with Crippen molar-refractivity contribution < 1.29 is 22.0 Å². The first kappa shape index (κ1) is 22.5. The van der Waals surface area contributed by atoms with Crippen molar-refractivity contribution in [2.75, 3.05) is 21.6 Å². The maximum atomic E-state index is 13.6. The van der Waals surface area contributed by atoms with Crippen LogP contribution < -0.4 is 9.62 Å². The molecule has 0 spiro atoms. The number of nitrogens with one attached hydrogen (secondary N) is 1. The Morgan fingerprint density at radius 1 is 1.25 bits per heavy atom. The molecule has 0 aliphatic heterocycles. The van der Waals surface area contributed by atoms with E-state index in [0.29, 0.717) is 10.3 Å². The van der Waals surface area contributed by atoms with Crippen LogP contribution in [-0.2, 0) is 14.8 Å². The van der Waals surface area contributed by atoms with E-state index < -0.39 is 33.6 Å². The van der Waals surface area contributed by atoms with Gasteiger partial charge in [-0.1, -0.05) is 36.9 Å². The number of carbonyl (C=O) groups is 1. The summed E-state index contributed by atoms with van der Waals surface area (Å²) in [6.45, 7) is 5.47. The van der Waals surface area contributed by atoms with Gasteiger partial charge >= 0.3 is 0 Å². The molecule has 2 rings (SSSR count). The number of anilines is 2. The zero-order chi connectivity index (χ0) is 21.1. The zero-order valence-electron chi connectivity index (χ0n) is 15.6. The van der Waals surface area contributed by atoms with E-state index in [-0.39, 0.29) is 10.8 Å². The summed E-state index contributed by atoms with van der Waals surface area (Å²) in [6.07, 6.45) is 0.879. The molecule has 0 radical (unpaired) electrons. The van der Waals surface area contributed by atoms with E-state index in [1.54, 1.807) is 0 Å². The van der Waals surface area contributed by atoms with Crippen molar-refractivity contribution in [1.29, 1.82) is 0 Å². The molecule has 0 fully saturated rings. The third kappa shape index (κ3) is 5.85. The van der Waals surface area contributed by atoms with Crippen molar-refractivity contribution in [2.45, 2.75) is 31.2 Å². The molecule has 1 aromatic carbocycles. The minimum absolute atomic E-state index is 0.158. The Bertz CT molecular complexity index is 950. The summed E-state index contributed by atoms with van der Waals surface area (Å²) in [5.74, 6) is -1.70. The Morgan fingerprint density at radius 3 is 2.50 bits per heavy atom. The van der Waals surface area contributed by atoms with E-state index >= 15 is 0 Å². The fourth-order valence-corrected chi connectivity index (χ4v) is 5.10. The number of halogens is 2. The van der Waals surface area contributed by atoms with Crippen LogP contribution in [0.1, 0.15) is 20.8 Å². The van der Waals surface area contributed by atoms with Crippen molar-refractivity contribution >= 4 is 49.8 Å². The summed E-state index contributed by atoms with van der Waals surface area (Å²) in [6, 6.07) is 1.40. The summed E-state index contributed by atoms with van der Waals surface area (Å²) in [4.78, 5) is 12.5. The van der Waals surface area contributed by atoms with E-state index in [4.69, 9.17) is 0 Å². The molecular formula is C16H20F2N4O3S3. The summed E-state index contributed by atoms with van der Waals surface area (Å²) in [7, 11) is -3.95. The second kappa shape index (κ2) is 9.14. The zero-order valence-corrected chi connectivity index (χ0v) is 18.1. The third-order valence-corrected chi connectivity index (χ3v) is 7.06. The monoisotopic (exact) mass is 450 g/mol. The van der Waals surface area contributed by atoms with Gasteiger partial charge < -0.3 is 0 Å². The van der Waals surface area contributed by atoms with Gasteiger partial charge in [-0.3, -0.25) is 14.4 Å². The van der Waals surface area contributed by atoms with Crippen molar-refractivity contribution in [1.82, 2.24) is 10.2 Å². The van der Waals surface area contributed by atoms with Gasteiger partial charge in [0, 0.05) is 11.8 Å². The Balaban J connectivity index is 2.19. The topological polar surface area (TPSA) is 92.3 Å². The van der Waals surface area contributed by atoms with Crippen LogP contribution in [-0.4, -0.2) is 42.6 Å². The number of benzene rings is 1. The summed E-state index contributed by atoms with van der Waals surface area (Å²) < 4.78 is 52.5. The highest BCUT2D eigenvalue weighted by molar-refractivity contribution is 8.01. The number of thioether (sulfide) groups is 1. The number of aromatic nitrogens is 2. The lowest BCUT2D eigenvalue weighted by Gasteiger charge is -2.27. The van der Waals surface area contributed by atoms with Gasteiger partial charge in [0.2, 0.25) is 21.1 Å². The number of hydrogen-bond donors (Lipinski definition) is 1. The van der Waals surface area contributed by atoms with Crippen LogP contribution in [0.5, 0.6) is 0 Å². The van der Waals surface area contributed by atoms with Crippen LogP contribution in [0.2, 0.25) is 0 Å². The fourth-order valence-electron chi connectivity index (χ4n) is 2.20. The van der Waals surface area contributed by atoms with Crippen LogP contribution in [0.4, 0.5) is 19.6 Å². The van der Waals surface area contributed by atoms with Crippen LogP contribution >= 0.6 is 23.1 Å². The highest BCUT2D eigenvalue weighted by Gasteiger charge is 2.30. The molecule has 154 valence electrons. The molecule has 12 heteroatoms. The maximum Gasteiger partial charge on any atom is 0.249 e. The molecule has 7 nitrogen and oxygen atoms in total. The quantitative estimate of drug-likeness (QED) is 0.490. The number of rotatable bonds is 8. The molecule has 1 amide bonds. The first-order valence-electron chi connectivity index (χ1n) is 8.20. The molecule has 1 atom stereocenters. The predicted molar refractivity (Wildman–Crippen MR) is 107 cm³/mol. The molecule has 0 saturated heterocycles. The van der Waals surface area contributed by atoms with Gasteiger partial charge in [-0.2, -0.15) is 0 Å². The van der Waals surface area contributed by atoms with Gasteiger partial charge in [0.1, 0.15) is 6.04 Å². The molecule has 28 heavy (non-hydrogen) atoms.